The molecule has 2 amide bonds. The van der Waals surface area contributed by atoms with Gasteiger partial charge < -0.3 is 9.64 Å². The van der Waals surface area contributed by atoms with Crippen LogP contribution in [0.25, 0.3) is 0 Å². The third-order valence-corrected chi connectivity index (χ3v) is 6.27. The fourth-order valence-corrected chi connectivity index (χ4v) is 4.27. The third-order valence-electron chi connectivity index (χ3n) is 5.45. The van der Waals surface area contributed by atoms with E-state index in [2.05, 4.69) is 0 Å². The number of halogens is 2. The number of urea groups is 1. The first-order valence-electron chi connectivity index (χ1n) is 10.4. The van der Waals surface area contributed by atoms with Gasteiger partial charge in [0.2, 0.25) is 5.06 Å². The van der Waals surface area contributed by atoms with Crippen LogP contribution in [0.1, 0.15) is 23.1 Å². The molecular weight excluding hydrogens is 447 g/mol. The van der Waals surface area contributed by atoms with Gasteiger partial charge in [0, 0.05) is 34.8 Å². The Balaban J connectivity index is 1.76. The van der Waals surface area contributed by atoms with Crippen molar-refractivity contribution in [1.82, 2.24) is 9.96 Å². The van der Waals surface area contributed by atoms with Crippen LogP contribution < -0.4 is 4.74 Å². The second-order valence-corrected chi connectivity index (χ2v) is 8.44. The summed E-state index contributed by atoms with van der Waals surface area (Å²) in [4.78, 5) is 21.5. The molecule has 0 N–H and O–H groups in total. The highest BCUT2D eigenvalue weighted by Crippen LogP contribution is 2.42. The van der Waals surface area contributed by atoms with Crippen molar-refractivity contribution in [2.24, 2.45) is 0 Å². The molecule has 0 spiro atoms. The topological polar surface area (TPSA) is 42.0 Å². The Hall–Kier alpha value is -2.73. The van der Waals surface area contributed by atoms with Gasteiger partial charge in [0.1, 0.15) is 5.75 Å². The molecule has 7 heteroatoms. The van der Waals surface area contributed by atoms with E-state index in [4.69, 9.17) is 32.8 Å². The van der Waals surface area contributed by atoms with E-state index >= 15 is 0 Å². The first kappa shape index (κ1) is 22.5. The van der Waals surface area contributed by atoms with E-state index in [0.717, 1.165) is 12.0 Å². The number of para-hydroxylation sites is 1. The molecular formula is C25H24Cl2N2O3. The third kappa shape index (κ3) is 4.56. The van der Waals surface area contributed by atoms with E-state index in [1.807, 2.05) is 66.7 Å². The molecule has 1 atom stereocenters. The summed E-state index contributed by atoms with van der Waals surface area (Å²) in [7, 11) is 1.60. The lowest BCUT2D eigenvalue weighted by atomic mass is 10.0. The number of hydrogen-bond acceptors (Lipinski definition) is 3. The molecule has 5 nitrogen and oxygen atoms in total. The molecule has 32 heavy (non-hydrogen) atoms. The quantitative estimate of drug-likeness (QED) is 0.311. The summed E-state index contributed by atoms with van der Waals surface area (Å²) < 4.78 is 5.48. The van der Waals surface area contributed by atoms with Gasteiger partial charge in [0.15, 0.2) is 0 Å². The van der Waals surface area contributed by atoms with Crippen molar-refractivity contribution in [2.75, 3.05) is 20.2 Å². The first-order chi connectivity index (χ1) is 15.5. The van der Waals surface area contributed by atoms with E-state index in [0.29, 0.717) is 35.0 Å². The van der Waals surface area contributed by atoms with Crippen LogP contribution in [-0.2, 0) is 16.4 Å². The summed E-state index contributed by atoms with van der Waals surface area (Å²) in [6, 6.07) is 23.8. The minimum absolute atomic E-state index is 0.158. The van der Waals surface area contributed by atoms with Crippen LogP contribution in [-0.4, -0.2) is 36.2 Å². The van der Waals surface area contributed by atoms with Crippen molar-refractivity contribution in [2.45, 2.75) is 18.0 Å². The maximum Gasteiger partial charge on any atom is 0.344 e. The largest absolute Gasteiger partial charge is 0.496 e. The van der Waals surface area contributed by atoms with Gasteiger partial charge >= 0.3 is 6.03 Å². The molecule has 0 aromatic heterocycles. The smallest absolute Gasteiger partial charge is 0.344 e. The summed E-state index contributed by atoms with van der Waals surface area (Å²) >= 11 is 13.7. The zero-order valence-corrected chi connectivity index (χ0v) is 19.2. The van der Waals surface area contributed by atoms with Gasteiger partial charge in [-0.2, -0.15) is 5.06 Å². The number of carbonyl (C=O) groups excluding carboxylic acids is 1. The Labute approximate surface area is 198 Å². The summed E-state index contributed by atoms with van der Waals surface area (Å²) in [6.45, 7) is 1.51. The van der Waals surface area contributed by atoms with Gasteiger partial charge in [0.25, 0.3) is 0 Å². The van der Waals surface area contributed by atoms with E-state index in [1.54, 1.807) is 24.1 Å². The number of likely N-dealkylation sites (tertiary alicyclic amines) is 1. The molecule has 1 heterocycles. The Morgan fingerprint density at radius 2 is 1.66 bits per heavy atom. The van der Waals surface area contributed by atoms with Crippen molar-refractivity contribution in [1.29, 1.82) is 0 Å². The molecule has 1 saturated heterocycles. The van der Waals surface area contributed by atoms with Crippen molar-refractivity contribution in [3.05, 3.63) is 101 Å². The molecule has 1 aliphatic rings. The zero-order chi connectivity index (χ0) is 22.6. The van der Waals surface area contributed by atoms with Gasteiger partial charge in [-0.05, 0) is 18.6 Å². The predicted molar refractivity (Wildman–Crippen MR) is 126 cm³/mol. The first-order valence-corrected chi connectivity index (χ1v) is 11.2. The summed E-state index contributed by atoms with van der Waals surface area (Å²) in [5.74, 6) is 0.662. The average Bonchev–Trinajstić information content (AvgIpc) is 2.78. The van der Waals surface area contributed by atoms with Gasteiger partial charge in [-0.15, -0.1) is 0 Å². The molecule has 1 aliphatic heterocycles. The van der Waals surface area contributed by atoms with Crippen LogP contribution in [0.15, 0.2) is 78.9 Å². The van der Waals surface area contributed by atoms with Crippen molar-refractivity contribution in [3.63, 3.8) is 0 Å². The summed E-state index contributed by atoms with van der Waals surface area (Å²) in [6.07, 6.45) is 0.962. The zero-order valence-electron chi connectivity index (χ0n) is 17.7. The van der Waals surface area contributed by atoms with E-state index < -0.39 is 5.06 Å². The minimum atomic E-state index is -1.51. The summed E-state index contributed by atoms with van der Waals surface area (Å²) in [5.41, 5.74) is 2.02. The fraction of sp³-hybridized carbons (Fsp3) is 0.240. The molecule has 0 saturated carbocycles. The number of hydroxylamine groups is 2. The highest BCUT2D eigenvalue weighted by atomic mass is 35.5. The van der Waals surface area contributed by atoms with Crippen molar-refractivity contribution >= 4 is 29.2 Å². The molecule has 3 aromatic rings. The second kappa shape index (κ2) is 9.82. The number of methoxy groups -OCH3 is 1. The molecule has 3 aromatic carbocycles. The standard InChI is InChI=1S/C25H24Cl2N2O3/c1-31-23-15-8-5-10-19(23)18-29(24(30)28-16-9-17-28)32-25(27,20-11-3-2-4-12-20)21-13-6-7-14-22(21)26/h2-8,10-15H,9,16-18H2,1H3. The molecule has 0 aliphatic carbocycles. The lowest BCUT2D eigenvalue weighted by Gasteiger charge is -2.39. The van der Waals surface area contributed by atoms with E-state index in [1.165, 1.54) is 5.06 Å². The number of amides is 2. The Bertz CT molecular complexity index is 1080. The Morgan fingerprint density at radius 1 is 1.00 bits per heavy atom. The molecule has 166 valence electrons. The van der Waals surface area contributed by atoms with E-state index in [9.17, 15) is 4.79 Å². The van der Waals surface area contributed by atoms with Crippen molar-refractivity contribution in [3.8, 4) is 5.75 Å². The highest BCUT2D eigenvalue weighted by Gasteiger charge is 2.40. The lowest BCUT2D eigenvalue weighted by Crippen LogP contribution is -2.51. The molecule has 0 bridgehead atoms. The normalized spacial score (nSPS) is 14.9. The van der Waals surface area contributed by atoms with Crippen LogP contribution in [0.5, 0.6) is 5.75 Å². The van der Waals surface area contributed by atoms with Crippen molar-refractivity contribution < 1.29 is 14.4 Å². The van der Waals surface area contributed by atoms with Crippen LogP contribution in [0, 0.1) is 0 Å². The lowest BCUT2D eigenvalue weighted by molar-refractivity contribution is -0.183. The second-order valence-electron chi connectivity index (χ2n) is 7.50. The number of benzene rings is 3. The number of ether oxygens (including phenoxy) is 1. The minimum Gasteiger partial charge on any atom is -0.496 e. The Morgan fingerprint density at radius 3 is 2.31 bits per heavy atom. The molecule has 4 rings (SSSR count). The van der Waals surface area contributed by atoms with Crippen LogP contribution >= 0.6 is 23.2 Å². The number of rotatable bonds is 7. The molecule has 0 radical (unpaired) electrons. The fourth-order valence-electron chi connectivity index (χ4n) is 3.58. The van der Waals surface area contributed by atoms with Gasteiger partial charge in [-0.25, -0.2) is 9.63 Å². The van der Waals surface area contributed by atoms with Crippen LogP contribution in [0.4, 0.5) is 4.79 Å². The number of hydrogen-bond donors (Lipinski definition) is 0. The van der Waals surface area contributed by atoms with Crippen LogP contribution in [0.2, 0.25) is 5.02 Å². The van der Waals surface area contributed by atoms with Gasteiger partial charge in [-0.3, -0.25) is 0 Å². The average molecular weight is 471 g/mol. The monoisotopic (exact) mass is 470 g/mol. The molecule has 1 unspecified atom stereocenters. The van der Waals surface area contributed by atoms with Gasteiger partial charge in [-0.1, -0.05) is 89.9 Å². The van der Waals surface area contributed by atoms with Crippen LogP contribution in [0.3, 0.4) is 0 Å². The number of carbonyl (C=O) groups is 1. The number of alkyl halides is 1. The van der Waals surface area contributed by atoms with Gasteiger partial charge in [0.05, 0.1) is 13.7 Å². The maximum atomic E-state index is 13.3. The highest BCUT2D eigenvalue weighted by molar-refractivity contribution is 6.33. The maximum absolute atomic E-state index is 13.3. The number of nitrogens with zero attached hydrogens (tertiary/aromatic N) is 2. The molecule has 1 fully saturated rings. The van der Waals surface area contributed by atoms with E-state index in [-0.39, 0.29) is 12.6 Å². The Kier molecular flexibility index (Phi) is 6.89. The predicted octanol–water partition coefficient (Wildman–Crippen LogP) is 6.05. The summed E-state index contributed by atoms with van der Waals surface area (Å²) in [5, 5.41) is 0.239. The SMILES string of the molecule is COc1ccccc1CN(OC(Cl)(c1ccccc1)c1ccccc1Cl)C(=O)N1CCC1.